The Balaban J connectivity index is 2.28. The topological polar surface area (TPSA) is 176 Å². The Morgan fingerprint density at radius 2 is 1.85 bits per heavy atom. The number of sulfone groups is 1. The highest BCUT2D eigenvalue weighted by molar-refractivity contribution is 8.27. The molecular formula is C18H26N2O10S3. The number of sulfonamides is 1. The molecule has 0 aromatic rings. The number of hydrogen-bond acceptors (Lipinski definition) is 11. The van der Waals surface area contributed by atoms with Gasteiger partial charge in [0.1, 0.15) is 8.47 Å². The van der Waals surface area contributed by atoms with Gasteiger partial charge in [-0.3, -0.25) is 9.69 Å². The zero-order valence-corrected chi connectivity index (χ0v) is 21.1. The number of carbonyl (C=O) groups is 3. The molecule has 0 aromatic heterocycles. The van der Waals surface area contributed by atoms with Crippen molar-refractivity contribution in [3.63, 3.8) is 0 Å². The minimum absolute atomic E-state index is 0.0122. The average Bonchev–Trinajstić information content (AvgIpc) is 2.90. The second-order valence-corrected chi connectivity index (χ2v) is 12.8. The third kappa shape index (κ3) is 6.07. The van der Waals surface area contributed by atoms with Crippen LogP contribution >= 0.6 is 11.8 Å². The molecule has 0 bridgehead atoms. The van der Waals surface area contributed by atoms with Crippen LogP contribution in [0.15, 0.2) is 20.1 Å². The molecule has 2 heterocycles. The van der Waals surface area contributed by atoms with Gasteiger partial charge in [0.05, 0.1) is 11.3 Å². The SMILES string of the molecule is CCN(C(=O)OC(C)OC(=O)[C@H](C)OC(C)=O)[C@H]1C=C(S(N)(=O)=O)SC2=C1C[C@H](C)S2(=O)=O. The number of primary sulfonamides is 1. The van der Waals surface area contributed by atoms with Gasteiger partial charge < -0.3 is 14.2 Å². The van der Waals surface area contributed by atoms with Gasteiger partial charge in [-0.05, 0) is 38.8 Å². The second kappa shape index (κ2) is 10.0. The summed E-state index contributed by atoms with van der Waals surface area (Å²) in [6.45, 7) is 6.75. The highest BCUT2D eigenvalue weighted by Gasteiger charge is 2.45. The van der Waals surface area contributed by atoms with Crippen molar-refractivity contribution in [3.05, 3.63) is 20.1 Å². The van der Waals surface area contributed by atoms with Gasteiger partial charge in [0.25, 0.3) is 0 Å². The fraction of sp³-hybridized carbons (Fsp3) is 0.611. The van der Waals surface area contributed by atoms with Crippen LogP contribution in [0, 0.1) is 0 Å². The van der Waals surface area contributed by atoms with Crippen molar-refractivity contribution in [3.8, 4) is 0 Å². The molecule has 12 nitrogen and oxygen atoms in total. The Hall–Kier alpha value is -2.10. The van der Waals surface area contributed by atoms with E-state index in [1.54, 1.807) is 6.92 Å². The molecule has 0 spiro atoms. The van der Waals surface area contributed by atoms with Crippen LogP contribution in [0.4, 0.5) is 4.79 Å². The van der Waals surface area contributed by atoms with Gasteiger partial charge in [0, 0.05) is 20.4 Å². The first-order chi connectivity index (χ1) is 15.1. The Labute approximate surface area is 196 Å². The molecule has 0 radical (unpaired) electrons. The van der Waals surface area contributed by atoms with E-state index in [1.807, 2.05) is 0 Å². The maximum absolute atomic E-state index is 12.8. The Bertz CT molecular complexity index is 1110. The van der Waals surface area contributed by atoms with Gasteiger partial charge in [0.2, 0.25) is 16.3 Å². The van der Waals surface area contributed by atoms with Gasteiger partial charge in [-0.15, -0.1) is 0 Å². The first-order valence-electron chi connectivity index (χ1n) is 9.83. The van der Waals surface area contributed by atoms with Crippen LogP contribution in [0.3, 0.4) is 0 Å². The van der Waals surface area contributed by atoms with E-state index in [-0.39, 0.29) is 17.2 Å². The number of nitrogens with two attached hydrogens (primary N) is 1. The van der Waals surface area contributed by atoms with E-state index in [4.69, 9.17) is 19.3 Å². The standard InChI is InChI=1S/C18H26N2O10S3/c1-6-20(18(23)30-12(5)29-16(22)10(3)28-11(4)21)14-8-15(33(19,26)27)31-17-13(14)7-9(2)32(17,24)25/h8-10,12,14H,6-7H2,1-5H3,(H2,19,26,27)/t9-,10-,12?,14-/m0/s1. The molecule has 33 heavy (non-hydrogen) atoms. The van der Waals surface area contributed by atoms with Gasteiger partial charge in [-0.1, -0.05) is 11.8 Å². The Kier molecular flexibility index (Phi) is 8.25. The molecule has 0 fully saturated rings. The van der Waals surface area contributed by atoms with Gasteiger partial charge in [0.15, 0.2) is 15.9 Å². The predicted octanol–water partition coefficient (Wildman–Crippen LogP) is 0.950. The summed E-state index contributed by atoms with van der Waals surface area (Å²) in [5, 5.41) is 4.43. The third-order valence-electron chi connectivity index (χ3n) is 4.82. The minimum Gasteiger partial charge on any atom is -0.451 e. The molecule has 4 atom stereocenters. The molecule has 1 unspecified atom stereocenters. The number of carbonyl (C=O) groups excluding carboxylic acids is 3. The first kappa shape index (κ1) is 27.1. The van der Waals surface area contributed by atoms with Crippen molar-refractivity contribution in [1.82, 2.24) is 4.90 Å². The number of ether oxygens (including phenoxy) is 3. The maximum Gasteiger partial charge on any atom is 0.413 e. The molecule has 0 saturated carbocycles. The van der Waals surface area contributed by atoms with E-state index in [2.05, 4.69) is 0 Å². The number of rotatable bonds is 7. The van der Waals surface area contributed by atoms with E-state index in [0.29, 0.717) is 17.3 Å². The third-order valence-corrected chi connectivity index (χ3v) is 10.2. The number of thioether (sulfide) groups is 1. The lowest BCUT2D eigenvalue weighted by molar-refractivity contribution is -0.181. The van der Waals surface area contributed by atoms with Crippen LogP contribution in [-0.4, -0.2) is 70.0 Å². The number of nitrogens with zero attached hydrogens (tertiary/aromatic N) is 1. The quantitative estimate of drug-likeness (QED) is 0.369. The summed E-state index contributed by atoms with van der Waals surface area (Å²) in [5.74, 6) is -1.64. The van der Waals surface area contributed by atoms with Crippen LogP contribution in [0.5, 0.6) is 0 Å². The summed E-state index contributed by atoms with van der Waals surface area (Å²) in [4.78, 5) is 36.8. The van der Waals surface area contributed by atoms with Crippen molar-refractivity contribution >= 4 is 49.7 Å². The monoisotopic (exact) mass is 526 g/mol. The van der Waals surface area contributed by atoms with Crippen molar-refractivity contribution in [2.24, 2.45) is 5.14 Å². The second-order valence-electron chi connectivity index (χ2n) is 7.38. The minimum atomic E-state index is -4.26. The normalized spacial score (nSPS) is 23.6. The highest BCUT2D eigenvalue weighted by Crippen LogP contribution is 2.48. The molecule has 2 rings (SSSR count). The van der Waals surface area contributed by atoms with Crippen LogP contribution in [0.2, 0.25) is 0 Å². The lowest BCUT2D eigenvalue weighted by Gasteiger charge is -2.32. The fourth-order valence-corrected chi connectivity index (χ4v) is 7.72. The molecule has 0 aliphatic carbocycles. The lowest BCUT2D eigenvalue weighted by atomic mass is 10.0. The van der Waals surface area contributed by atoms with Crippen molar-refractivity contribution in [2.75, 3.05) is 6.54 Å². The summed E-state index contributed by atoms with van der Waals surface area (Å²) in [6.07, 6.45) is -2.28. The fourth-order valence-electron chi connectivity index (χ4n) is 3.25. The van der Waals surface area contributed by atoms with E-state index in [0.717, 1.165) is 11.8 Å². The summed E-state index contributed by atoms with van der Waals surface area (Å²) >= 11 is 0.544. The summed E-state index contributed by atoms with van der Waals surface area (Å²) < 4.78 is 63.6. The van der Waals surface area contributed by atoms with Crippen LogP contribution in [-0.2, 0) is 43.7 Å². The van der Waals surface area contributed by atoms with Crippen LogP contribution < -0.4 is 5.14 Å². The zero-order chi connectivity index (χ0) is 25.3. The Morgan fingerprint density at radius 1 is 1.24 bits per heavy atom. The highest BCUT2D eigenvalue weighted by atomic mass is 32.3. The summed E-state index contributed by atoms with van der Waals surface area (Å²) in [6, 6.07) is -1.05. The van der Waals surface area contributed by atoms with E-state index >= 15 is 0 Å². The molecule has 0 aromatic carbocycles. The predicted molar refractivity (Wildman–Crippen MR) is 118 cm³/mol. The van der Waals surface area contributed by atoms with Gasteiger partial charge >= 0.3 is 18.0 Å². The molecule has 15 heteroatoms. The van der Waals surface area contributed by atoms with E-state index < -0.39 is 65.8 Å². The zero-order valence-electron chi connectivity index (χ0n) is 18.6. The van der Waals surface area contributed by atoms with Gasteiger partial charge in [-0.2, -0.15) is 0 Å². The first-order valence-corrected chi connectivity index (χ1v) is 13.7. The van der Waals surface area contributed by atoms with E-state index in [9.17, 15) is 31.2 Å². The molecule has 2 aliphatic heterocycles. The summed E-state index contributed by atoms with van der Waals surface area (Å²) in [5.41, 5.74) is 0.354. The Morgan fingerprint density at radius 3 is 2.36 bits per heavy atom. The number of hydrogen-bond donors (Lipinski definition) is 1. The molecule has 2 N–H and O–H groups in total. The molecule has 2 aliphatic rings. The molecular weight excluding hydrogens is 500 g/mol. The smallest absolute Gasteiger partial charge is 0.413 e. The van der Waals surface area contributed by atoms with Crippen LogP contribution in [0.1, 0.15) is 41.0 Å². The van der Waals surface area contributed by atoms with Crippen molar-refractivity contribution in [1.29, 1.82) is 0 Å². The van der Waals surface area contributed by atoms with Crippen molar-refractivity contribution in [2.45, 2.75) is 64.7 Å². The molecule has 1 amide bonds. The summed E-state index contributed by atoms with van der Waals surface area (Å²) in [7, 11) is -8.04. The number of likely N-dealkylation sites (N-methyl/N-ethyl adjacent to an activating group) is 1. The number of amides is 1. The van der Waals surface area contributed by atoms with Crippen molar-refractivity contribution < 1.29 is 45.4 Å². The van der Waals surface area contributed by atoms with Gasteiger partial charge in [-0.25, -0.2) is 31.6 Å². The average molecular weight is 527 g/mol. The number of esters is 2. The lowest BCUT2D eigenvalue weighted by Crippen LogP contribution is -2.43. The molecule has 186 valence electrons. The maximum atomic E-state index is 12.8. The molecule has 0 saturated heterocycles. The largest absolute Gasteiger partial charge is 0.451 e. The van der Waals surface area contributed by atoms with E-state index in [1.165, 1.54) is 26.8 Å². The van der Waals surface area contributed by atoms with Crippen LogP contribution in [0.25, 0.3) is 0 Å².